The fraction of sp³-hybridized carbons (Fsp3) is 0.453. The highest BCUT2D eigenvalue weighted by Gasteiger charge is 2.47. The standard InChI is InChI=1S/C64H78N9O12PS/c1-35-57(87-34-67-35)43-16-9-37(10-17-43)30-66-60(78)52-29-47(74)31-72(52)63(81)58(64(3,4)5)71-55(76)26-40-24-45(25-40)41-14-11-38(12-15-41)32-85-36(2)48(21-22-54(65)75)69-61(79)53-28-44-8-6-7-42-18-20-50(62(80)73(53)56(42)44)70-59(77)51-27-46-23-39(33-86(82,83)84)13-19-49(46)68-51/h6-17,19,23,27,34,36,40,45,47-48,50,52-53,55,58,68,71,74,76H,18,20-22,24-26,28-33H2,1-5H3,(H2,65,75)(H,66,78)(H,69,79)(H,70,77)(H2,82,83,84)/t36-,40?,45?,47-,48+,50+,52?,53+,55?,58-/m1/s1. The number of fused-ring (bicyclic) bond motifs is 1. The summed E-state index contributed by atoms with van der Waals surface area (Å²) in [5.41, 5.74) is 15.2. The van der Waals surface area contributed by atoms with Crippen molar-refractivity contribution in [1.29, 1.82) is 0 Å². The lowest BCUT2D eigenvalue weighted by Crippen LogP contribution is -2.58. The first-order valence-corrected chi connectivity index (χ1v) is 32.4. The van der Waals surface area contributed by atoms with E-state index in [1.165, 1.54) is 9.80 Å². The predicted octanol–water partition coefficient (Wildman–Crippen LogP) is 6.12. The van der Waals surface area contributed by atoms with E-state index in [2.05, 4.69) is 43.4 Å². The molecule has 2 aromatic heterocycles. The van der Waals surface area contributed by atoms with Crippen molar-refractivity contribution in [3.63, 3.8) is 0 Å². The van der Waals surface area contributed by atoms with Gasteiger partial charge in [0.15, 0.2) is 0 Å². The second-order valence-corrected chi connectivity index (χ2v) is 27.6. The summed E-state index contributed by atoms with van der Waals surface area (Å²) in [4.78, 5) is 113. The third-order valence-electron chi connectivity index (χ3n) is 17.5. The average molecular weight is 1230 g/mol. The molecule has 3 aliphatic heterocycles. The first-order chi connectivity index (χ1) is 41.3. The Kier molecular flexibility index (Phi) is 19.0. The number of H-pyrrole nitrogens is 1. The summed E-state index contributed by atoms with van der Waals surface area (Å²) in [5, 5.41) is 34.9. The number of nitrogens with one attached hydrogen (secondary N) is 5. The summed E-state index contributed by atoms with van der Waals surface area (Å²) in [6.07, 6.45) is 0.399. The second-order valence-electron chi connectivity index (χ2n) is 25.1. The average Bonchev–Trinajstić information content (AvgIpc) is 1.72. The number of aliphatic hydroxyl groups is 2. The van der Waals surface area contributed by atoms with Crippen molar-refractivity contribution in [2.75, 3.05) is 11.4 Å². The molecule has 1 saturated heterocycles. The van der Waals surface area contributed by atoms with Crippen molar-refractivity contribution in [3.05, 3.63) is 141 Å². The number of aromatic nitrogens is 2. The van der Waals surface area contributed by atoms with E-state index in [4.69, 9.17) is 10.5 Å². The molecule has 4 aromatic carbocycles. The zero-order valence-corrected chi connectivity index (χ0v) is 51.2. The molecule has 21 nitrogen and oxygen atoms in total. The Morgan fingerprint density at radius 3 is 2.32 bits per heavy atom. The number of rotatable bonds is 23. The number of thiazole rings is 1. The number of benzene rings is 4. The van der Waals surface area contributed by atoms with Crippen LogP contribution in [-0.4, -0.2) is 126 Å². The molecule has 0 radical (unpaired) electrons. The SMILES string of the molecule is Cc1ncsc1-c1ccc(CNC(=O)C2C[C@@H](O)CN2C(=O)[C@@H](NC(O)CC2CC(c3ccc(CO[C@H](C)[C@H](CCC(N)=O)NC(=O)[C@@H]4Cc5cccc6c5N4C(=O)[C@@H](NC(=O)c4cc5cc(CP(=O)(O)O)ccc5[nH]4)CC6)cc3)C2)C(C)(C)C)cc1. The Morgan fingerprint density at radius 1 is 0.920 bits per heavy atom. The summed E-state index contributed by atoms with van der Waals surface area (Å²) in [7, 11) is -4.32. The number of hydrogen-bond donors (Lipinski definition) is 10. The summed E-state index contributed by atoms with van der Waals surface area (Å²) in [6, 6.07) is 23.7. The highest BCUT2D eigenvalue weighted by molar-refractivity contribution is 7.50. The topological polar surface area (TPSA) is 319 Å². The second kappa shape index (κ2) is 26.3. The quantitative estimate of drug-likeness (QED) is 0.0255. The molecule has 4 aliphatic rings. The van der Waals surface area contributed by atoms with E-state index in [0.29, 0.717) is 35.0 Å². The van der Waals surface area contributed by atoms with Crippen LogP contribution in [-0.2, 0) is 65.4 Å². The molecule has 10 rings (SSSR count). The number of anilines is 1. The van der Waals surface area contributed by atoms with Crippen molar-refractivity contribution in [3.8, 4) is 10.4 Å². The minimum Gasteiger partial charge on any atom is -0.391 e. The van der Waals surface area contributed by atoms with Gasteiger partial charge in [-0.15, -0.1) is 11.3 Å². The van der Waals surface area contributed by atoms with Crippen LogP contribution in [0.5, 0.6) is 0 Å². The van der Waals surface area contributed by atoms with Gasteiger partial charge >= 0.3 is 7.60 Å². The molecule has 0 spiro atoms. The molecule has 5 heterocycles. The number of hydrogen-bond acceptors (Lipinski definition) is 13. The Balaban J connectivity index is 0.705. The maximum absolute atomic E-state index is 14.6. The van der Waals surface area contributed by atoms with Gasteiger partial charge in [0.05, 0.1) is 58.8 Å². The molecule has 2 unspecified atom stereocenters. The van der Waals surface area contributed by atoms with E-state index in [1.54, 1.807) is 35.6 Å². The smallest absolute Gasteiger partial charge is 0.329 e. The van der Waals surface area contributed by atoms with E-state index >= 15 is 0 Å². The van der Waals surface area contributed by atoms with Crippen LogP contribution in [0.15, 0.2) is 96.5 Å². The first kappa shape index (κ1) is 62.9. The van der Waals surface area contributed by atoms with Gasteiger partial charge in [-0.05, 0) is 127 Å². The number of likely N-dealkylation sites (tertiary alicyclic amines) is 1. The van der Waals surface area contributed by atoms with Gasteiger partial charge in [-0.3, -0.25) is 43.5 Å². The van der Waals surface area contributed by atoms with Crippen molar-refractivity contribution >= 4 is 71.0 Å². The van der Waals surface area contributed by atoms with Crippen molar-refractivity contribution in [2.45, 2.75) is 166 Å². The van der Waals surface area contributed by atoms with Gasteiger partial charge in [-0.2, -0.15) is 0 Å². The Labute approximate surface area is 509 Å². The van der Waals surface area contributed by atoms with Gasteiger partial charge in [-0.1, -0.05) is 93.6 Å². The third-order valence-corrected chi connectivity index (χ3v) is 19.2. The summed E-state index contributed by atoms with van der Waals surface area (Å²) in [5.74, 6) is -2.26. The molecule has 0 bridgehead atoms. The molecule has 1 saturated carbocycles. The zero-order chi connectivity index (χ0) is 62.1. The number of aliphatic hydroxyl groups excluding tert-OH is 2. The van der Waals surface area contributed by atoms with Gasteiger partial charge in [0, 0.05) is 43.3 Å². The molecular formula is C64H78N9O12PS. The monoisotopic (exact) mass is 1230 g/mol. The number of ether oxygens (including phenoxy) is 1. The summed E-state index contributed by atoms with van der Waals surface area (Å²) >= 11 is 1.57. The largest absolute Gasteiger partial charge is 0.391 e. The Bertz CT molecular complexity index is 3580. The van der Waals surface area contributed by atoms with Crippen molar-refractivity contribution < 1.29 is 58.1 Å². The van der Waals surface area contributed by atoms with Gasteiger partial charge in [0.1, 0.15) is 30.0 Å². The van der Waals surface area contributed by atoms with E-state index in [9.17, 15) is 53.3 Å². The highest BCUT2D eigenvalue weighted by Crippen LogP contribution is 2.45. The molecule has 6 amide bonds. The number of nitrogens with two attached hydrogens (primary N) is 1. The van der Waals surface area contributed by atoms with Crippen LogP contribution in [0.1, 0.15) is 128 Å². The molecular weight excluding hydrogens is 1150 g/mol. The summed E-state index contributed by atoms with van der Waals surface area (Å²) in [6.45, 7) is 9.96. The van der Waals surface area contributed by atoms with Gasteiger partial charge in [-0.25, -0.2) is 4.98 Å². The van der Waals surface area contributed by atoms with Crippen LogP contribution in [0.4, 0.5) is 5.69 Å². The molecule has 2 fully saturated rings. The van der Waals surface area contributed by atoms with Crippen LogP contribution < -0.4 is 31.9 Å². The fourth-order valence-electron chi connectivity index (χ4n) is 12.7. The van der Waals surface area contributed by atoms with Crippen LogP contribution in [0.2, 0.25) is 0 Å². The molecule has 6 aromatic rings. The first-order valence-electron chi connectivity index (χ1n) is 29.8. The lowest BCUT2D eigenvalue weighted by molar-refractivity contribution is -0.143. The summed E-state index contributed by atoms with van der Waals surface area (Å²) < 4.78 is 18.0. The molecule has 1 aliphatic carbocycles. The number of amides is 6. The molecule has 462 valence electrons. The number of aryl methyl sites for hydroxylation is 2. The van der Waals surface area contributed by atoms with Gasteiger partial charge in [0.25, 0.3) is 5.91 Å². The van der Waals surface area contributed by atoms with Crippen molar-refractivity contribution in [1.82, 2.24) is 36.1 Å². The number of β-amino-alcohol motifs (C(OH)–C–C–N with tert-alkyl or cyclic N) is 1. The number of para-hydroxylation sites is 1. The van der Waals surface area contributed by atoms with Crippen LogP contribution in [0, 0.1) is 18.3 Å². The minimum absolute atomic E-state index is 0.0105. The van der Waals surface area contributed by atoms with Crippen LogP contribution >= 0.6 is 18.9 Å². The maximum atomic E-state index is 14.6. The number of carbonyl (C=O) groups is 6. The van der Waals surface area contributed by atoms with Gasteiger partial charge in [0.2, 0.25) is 29.5 Å². The van der Waals surface area contributed by atoms with E-state index in [1.807, 2.05) is 94.7 Å². The van der Waals surface area contributed by atoms with Crippen LogP contribution in [0.25, 0.3) is 21.3 Å². The molecule has 23 heteroatoms. The van der Waals surface area contributed by atoms with E-state index < -0.39 is 91.4 Å². The maximum Gasteiger partial charge on any atom is 0.329 e. The highest BCUT2D eigenvalue weighted by atomic mass is 32.1. The molecule has 11 N–H and O–H groups in total. The minimum atomic E-state index is -4.32. The molecule has 8 atom stereocenters. The van der Waals surface area contributed by atoms with Crippen LogP contribution in [0.3, 0.4) is 0 Å². The lowest BCUT2D eigenvalue weighted by Gasteiger charge is -2.40. The number of carbonyl (C=O) groups excluding carboxylic acids is 6. The zero-order valence-electron chi connectivity index (χ0n) is 49.5. The number of primary amides is 1. The predicted molar refractivity (Wildman–Crippen MR) is 329 cm³/mol. The lowest BCUT2D eigenvalue weighted by atomic mass is 9.69. The Morgan fingerprint density at radius 2 is 1.63 bits per heavy atom. The van der Waals surface area contributed by atoms with E-state index in [0.717, 1.165) is 56.8 Å². The molecule has 87 heavy (non-hydrogen) atoms. The third kappa shape index (κ3) is 14.9. The fourth-order valence-corrected chi connectivity index (χ4v) is 14.2. The van der Waals surface area contributed by atoms with Gasteiger partial charge < -0.3 is 56.3 Å². The number of aromatic amines is 1. The Hall–Kier alpha value is -7.14. The number of nitrogens with zero attached hydrogens (tertiary/aromatic N) is 3. The van der Waals surface area contributed by atoms with E-state index in [-0.39, 0.29) is 81.1 Å². The van der Waals surface area contributed by atoms with Crippen molar-refractivity contribution in [2.24, 2.45) is 17.1 Å². The normalized spacial score (nSPS) is 21.6.